The molecule has 1 aliphatic heterocycles. The van der Waals surface area contributed by atoms with Gasteiger partial charge in [-0.25, -0.2) is 8.42 Å². The minimum atomic E-state index is -3.54. The van der Waals surface area contributed by atoms with Crippen LogP contribution in [0.4, 0.5) is 0 Å². The zero-order chi connectivity index (χ0) is 26.8. The molecule has 10 heteroatoms. The minimum Gasteiger partial charge on any atom is -0.481 e. The summed E-state index contributed by atoms with van der Waals surface area (Å²) >= 11 is 12.4. The van der Waals surface area contributed by atoms with Crippen molar-refractivity contribution < 1.29 is 23.1 Å². The van der Waals surface area contributed by atoms with E-state index in [9.17, 15) is 23.1 Å². The first kappa shape index (κ1) is 28.4. The number of halogens is 2. The Kier molecular flexibility index (Phi) is 9.09. The number of hydrogen-bond acceptors (Lipinski definition) is 4. The summed E-state index contributed by atoms with van der Waals surface area (Å²) in [4.78, 5) is 24.4. The van der Waals surface area contributed by atoms with Gasteiger partial charge in [0.2, 0.25) is 15.9 Å². The van der Waals surface area contributed by atoms with Crippen molar-refractivity contribution in [2.45, 2.75) is 44.7 Å². The number of rotatable bonds is 9. The Hall–Kier alpha value is -2.13. The van der Waals surface area contributed by atoms with Crippen LogP contribution in [0.3, 0.4) is 0 Å². The Morgan fingerprint density at radius 2 is 1.78 bits per heavy atom. The lowest BCUT2D eigenvalue weighted by Crippen LogP contribution is -2.54. The molecule has 1 fully saturated rings. The maximum atomic E-state index is 13.0. The van der Waals surface area contributed by atoms with Crippen molar-refractivity contribution in [1.29, 1.82) is 0 Å². The lowest BCUT2D eigenvalue weighted by Gasteiger charge is -2.44. The van der Waals surface area contributed by atoms with Gasteiger partial charge in [0, 0.05) is 35.0 Å². The lowest BCUT2D eigenvalue weighted by molar-refractivity contribution is -0.142. The van der Waals surface area contributed by atoms with Crippen molar-refractivity contribution in [2.75, 3.05) is 13.3 Å². The summed E-state index contributed by atoms with van der Waals surface area (Å²) in [6, 6.07) is 13.6. The van der Waals surface area contributed by atoms with Gasteiger partial charge >= 0.3 is 5.97 Å². The van der Waals surface area contributed by atoms with E-state index in [-0.39, 0.29) is 36.1 Å². The predicted molar refractivity (Wildman–Crippen MR) is 142 cm³/mol. The van der Waals surface area contributed by atoms with Crippen LogP contribution < -0.4 is 5.32 Å². The van der Waals surface area contributed by atoms with Gasteiger partial charge in [0.05, 0.1) is 18.7 Å². The fraction of sp³-hybridized carbons (Fsp3) is 0.462. The van der Waals surface area contributed by atoms with Crippen LogP contribution in [0.1, 0.15) is 49.8 Å². The average Bonchev–Trinajstić information content (AvgIpc) is 2.80. The molecule has 0 aromatic heterocycles. The third-order valence-electron chi connectivity index (χ3n) is 7.37. The summed E-state index contributed by atoms with van der Waals surface area (Å²) in [6.07, 6.45) is 1.26. The molecular weight excluding hydrogens is 523 g/mol. The van der Waals surface area contributed by atoms with Crippen LogP contribution in [0.2, 0.25) is 10.0 Å². The van der Waals surface area contributed by atoms with E-state index in [0.29, 0.717) is 16.5 Å². The lowest BCUT2D eigenvalue weighted by atomic mass is 9.70. The topological polar surface area (TPSA) is 104 Å². The van der Waals surface area contributed by atoms with Gasteiger partial charge in [-0.1, -0.05) is 61.3 Å². The molecule has 1 amide bonds. The number of nitrogens with one attached hydrogen (secondary N) is 1. The van der Waals surface area contributed by atoms with E-state index in [1.54, 1.807) is 25.2 Å². The molecule has 3 rings (SSSR count). The number of piperidine rings is 1. The number of carbonyl (C=O) groups is 2. The van der Waals surface area contributed by atoms with E-state index < -0.39 is 28.0 Å². The van der Waals surface area contributed by atoms with E-state index in [2.05, 4.69) is 5.32 Å². The van der Waals surface area contributed by atoms with Gasteiger partial charge in [-0.2, -0.15) is 4.31 Å². The maximum absolute atomic E-state index is 13.0. The van der Waals surface area contributed by atoms with Gasteiger partial charge in [0.1, 0.15) is 0 Å². The van der Waals surface area contributed by atoms with Gasteiger partial charge in [0.15, 0.2) is 0 Å². The number of amides is 1. The number of aliphatic carboxylic acids is 1. The fourth-order valence-electron chi connectivity index (χ4n) is 5.23. The summed E-state index contributed by atoms with van der Waals surface area (Å²) in [5.74, 6) is -2.62. The molecule has 196 valence electrons. The Morgan fingerprint density at radius 3 is 2.33 bits per heavy atom. The zero-order valence-electron chi connectivity index (χ0n) is 20.7. The second-order valence-electron chi connectivity index (χ2n) is 9.72. The monoisotopic (exact) mass is 554 g/mol. The fourth-order valence-corrected chi connectivity index (χ4v) is 6.28. The van der Waals surface area contributed by atoms with Crippen LogP contribution in [0, 0.1) is 17.8 Å². The SMILES string of the molecule is CC(C(C)C(c1ccc(Cl)cc1)N(C)S(C)(=O)=O)C1NC(=O)C(CC(=O)O)CC1c1cccc(Cl)c1. The summed E-state index contributed by atoms with van der Waals surface area (Å²) in [5, 5.41) is 13.5. The van der Waals surface area contributed by atoms with E-state index in [0.717, 1.165) is 11.1 Å². The molecule has 36 heavy (non-hydrogen) atoms. The summed E-state index contributed by atoms with van der Waals surface area (Å²) in [6.45, 7) is 3.96. The van der Waals surface area contributed by atoms with E-state index in [4.69, 9.17) is 23.2 Å². The molecule has 0 bridgehead atoms. The molecule has 0 radical (unpaired) electrons. The molecule has 6 unspecified atom stereocenters. The summed E-state index contributed by atoms with van der Waals surface area (Å²) in [7, 11) is -1.99. The van der Waals surface area contributed by atoms with Crippen LogP contribution in [0.25, 0.3) is 0 Å². The highest BCUT2D eigenvalue weighted by molar-refractivity contribution is 7.88. The van der Waals surface area contributed by atoms with Crippen LogP contribution in [-0.2, 0) is 19.6 Å². The number of nitrogens with zero attached hydrogens (tertiary/aromatic N) is 1. The quantitative estimate of drug-likeness (QED) is 0.455. The highest BCUT2D eigenvalue weighted by Crippen LogP contribution is 2.42. The number of carboxylic acids is 1. The van der Waals surface area contributed by atoms with E-state index in [1.165, 1.54) is 10.6 Å². The van der Waals surface area contributed by atoms with Crippen molar-refractivity contribution in [2.24, 2.45) is 17.8 Å². The third-order valence-corrected chi connectivity index (χ3v) is 9.13. The molecule has 2 aromatic carbocycles. The number of sulfonamides is 1. The number of benzene rings is 2. The largest absolute Gasteiger partial charge is 0.481 e. The molecule has 0 aliphatic carbocycles. The Labute approximate surface area is 222 Å². The number of carbonyl (C=O) groups excluding carboxylic acids is 1. The first-order valence-electron chi connectivity index (χ1n) is 11.8. The minimum absolute atomic E-state index is 0.186. The molecule has 0 saturated carbocycles. The smallest absolute Gasteiger partial charge is 0.304 e. The average molecular weight is 556 g/mol. The molecule has 6 atom stereocenters. The molecule has 2 aromatic rings. The molecule has 7 nitrogen and oxygen atoms in total. The number of hydrogen-bond donors (Lipinski definition) is 2. The van der Waals surface area contributed by atoms with Gasteiger partial charge in [-0.3, -0.25) is 9.59 Å². The summed E-state index contributed by atoms with van der Waals surface area (Å²) < 4.78 is 26.5. The molecular formula is C26H32Cl2N2O5S. The molecule has 1 heterocycles. The first-order valence-corrected chi connectivity index (χ1v) is 14.4. The second kappa shape index (κ2) is 11.5. The highest BCUT2D eigenvalue weighted by Gasteiger charge is 2.43. The second-order valence-corrected chi connectivity index (χ2v) is 12.6. The predicted octanol–water partition coefficient (Wildman–Crippen LogP) is 4.96. The summed E-state index contributed by atoms with van der Waals surface area (Å²) in [5.41, 5.74) is 1.69. The van der Waals surface area contributed by atoms with Crippen molar-refractivity contribution in [3.63, 3.8) is 0 Å². The van der Waals surface area contributed by atoms with Crippen molar-refractivity contribution in [1.82, 2.24) is 9.62 Å². The van der Waals surface area contributed by atoms with Crippen LogP contribution in [0.5, 0.6) is 0 Å². The molecule has 0 spiro atoms. The zero-order valence-corrected chi connectivity index (χ0v) is 23.0. The van der Waals surface area contributed by atoms with Gasteiger partial charge in [-0.05, 0) is 53.6 Å². The van der Waals surface area contributed by atoms with Gasteiger partial charge in [0.25, 0.3) is 0 Å². The third kappa shape index (κ3) is 6.59. The van der Waals surface area contributed by atoms with E-state index >= 15 is 0 Å². The van der Waals surface area contributed by atoms with Gasteiger partial charge < -0.3 is 10.4 Å². The van der Waals surface area contributed by atoms with Gasteiger partial charge in [-0.15, -0.1) is 0 Å². The van der Waals surface area contributed by atoms with Crippen molar-refractivity contribution >= 4 is 45.1 Å². The van der Waals surface area contributed by atoms with E-state index in [1.807, 2.05) is 44.2 Å². The molecule has 1 aliphatic rings. The van der Waals surface area contributed by atoms with Crippen LogP contribution in [-0.4, -0.2) is 49.1 Å². The van der Waals surface area contributed by atoms with Crippen LogP contribution >= 0.6 is 23.2 Å². The molecule has 1 saturated heterocycles. The Bertz CT molecular complexity index is 1210. The van der Waals surface area contributed by atoms with Crippen molar-refractivity contribution in [3.8, 4) is 0 Å². The molecule has 2 N–H and O–H groups in total. The normalized spacial score (nSPS) is 23.1. The van der Waals surface area contributed by atoms with Crippen LogP contribution in [0.15, 0.2) is 48.5 Å². The standard InChI is InChI=1S/C26H32Cl2N2O5S/c1-15(16(2)25(30(3)36(4,34)35)17-8-10-20(27)11-9-17)24-22(18-6-5-7-21(28)12-18)13-19(14-23(31)32)26(33)29-24/h5-12,15-16,19,22,24-25H,13-14H2,1-4H3,(H,29,33)(H,31,32). The number of carboxylic acid groups (broad SMARTS) is 1. The Balaban J connectivity index is 2.02. The Morgan fingerprint density at radius 1 is 1.14 bits per heavy atom. The highest BCUT2D eigenvalue weighted by atomic mass is 35.5. The first-order chi connectivity index (χ1) is 16.8. The van der Waals surface area contributed by atoms with Crippen molar-refractivity contribution in [3.05, 3.63) is 69.7 Å². The maximum Gasteiger partial charge on any atom is 0.304 e.